The maximum Gasteiger partial charge on any atom is 0.0843 e. The van der Waals surface area contributed by atoms with E-state index in [2.05, 4.69) is 0 Å². The molecule has 0 fully saturated rings. The largest absolute Gasteiger partial charge is 0.391 e. The van der Waals surface area contributed by atoms with Gasteiger partial charge in [-0.25, -0.2) is 0 Å². The van der Waals surface area contributed by atoms with Crippen molar-refractivity contribution in [3.63, 3.8) is 0 Å². The van der Waals surface area contributed by atoms with Crippen LogP contribution in [0, 0.1) is 5.92 Å². The van der Waals surface area contributed by atoms with Gasteiger partial charge in [-0.05, 0) is 12.5 Å². The van der Waals surface area contributed by atoms with Gasteiger partial charge in [0.25, 0.3) is 0 Å². The lowest BCUT2D eigenvalue weighted by Gasteiger charge is -2.21. The average molecular weight is 224 g/mol. The molecule has 0 aliphatic heterocycles. The molecule has 0 aliphatic rings. The van der Waals surface area contributed by atoms with Crippen molar-refractivity contribution in [2.75, 3.05) is 6.61 Å². The first-order valence-corrected chi connectivity index (χ1v) is 5.59. The highest BCUT2D eigenvalue weighted by Crippen LogP contribution is 2.09. The maximum atomic E-state index is 9.56. The SMILES string of the molecule is C[C@H](COCc1ccccc1)[C@@H](O)[C@@H](C)O. The monoisotopic (exact) mass is 224 g/mol. The Morgan fingerprint density at radius 2 is 1.75 bits per heavy atom. The van der Waals surface area contributed by atoms with Gasteiger partial charge in [-0.2, -0.15) is 0 Å². The van der Waals surface area contributed by atoms with E-state index < -0.39 is 12.2 Å². The summed E-state index contributed by atoms with van der Waals surface area (Å²) in [4.78, 5) is 0. The van der Waals surface area contributed by atoms with Crippen LogP contribution < -0.4 is 0 Å². The van der Waals surface area contributed by atoms with E-state index in [-0.39, 0.29) is 5.92 Å². The van der Waals surface area contributed by atoms with E-state index in [4.69, 9.17) is 4.74 Å². The summed E-state index contributed by atoms with van der Waals surface area (Å²) in [7, 11) is 0. The van der Waals surface area contributed by atoms with Crippen LogP contribution in [0.4, 0.5) is 0 Å². The van der Waals surface area contributed by atoms with Gasteiger partial charge in [-0.15, -0.1) is 0 Å². The first-order valence-electron chi connectivity index (χ1n) is 5.59. The van der Waals surface area contributed by atoms with Crippen molar-refractivity contribution in [1.82, 2.24) is 0 Å². The molecule has 1 rings (SSSR count). The zero-order valence-corrected chi connectivity index (χ0v) is 9.84. The Kier molecular flexibility index (Phi) is 5.46. The van der Waals surface area contributed by atoms with Gasteiger partial charge in [-0.1, -0.05) is 37.3 Å². The Balaban J connectivity index is 2.25. The standard InChI is InChI=1S/C13H20O3/c1-10(13(15)11(2)14)8-16-9-12-6-4-3-5-7-12/h3-7,10-11,13-15H,8-9H2,1-2H3/t10-,11-,13-/m1/s1. The molecule has 16 heavy (non-hydrogen) atoms. The van der Waals surface area contributed by atoms with Gasteiger partial charge < -0.3 is 14.9 Å². The van der Waals surface area contributed by atoms with Crippen LogP contribution in [0.15, 0.2) is 30.3 Å². The first-order chi connectivity index (χ1) is 7.61. The van der Waals surface area contributed by atoms with Gasteiger partial charge in [0.15, 0.2) is 0 Å². The minimum atomic E-state index is -0.726. The molecule has 0 bridgehead atoms. The molecule has 1 aromatic carbocycles. The number of aliphatic hydroxyl groups excluding tert-OH is 2. The molecule has 0 unspecified atom stereocenters. The van der Waals surface area contributed by atoms with Gasteiger partial charge in [0.2, 0.25) is 0 Å². The van der Waals surface area contributed by atoms with Crippen molar-refractivity contribution in [2.24, 2.45) is 5.92 Å². The average Bonchev–Trinajstić information content (AvgIpc) is 2.29. The second-order valence-electron chi connectivity index (χ2n) is 4.21. The van der Waals surface area contributed by atoms with E-state index in [1.165, 1.54) is 0 Å². The van der Waals surface area contributed by atoms with Crippen molar-refractivity contribution < 1.29 is 14.9 Å². The number of hydrogen-bond donors (Lipinski definition) is 2. The van der Waals surface area contributed by atoms with Gasteiger partial charge in [-0.3, -0.25) is 0 Å². The Labute approximate surface area is 96.7 Å². The first kappa shape index (κ1) is 13.2. The predicted octanol–water partition coefficient (Wildman–Crippen LogP) is 1.58. The third-order valence-electron chi connectivity index (χ3n) is 2.57. The molecule has 1 aromatic rings. The normalized spacial score (nSPS) is 16.8. The molecule has 0 saturated carbocycles. The molecule has 0 spiro atoms. The molecule has 2 N–H and O–H groups in total. The van der Waals surface area contributed by atoms with Crippen molar-refractivity contribution in [3.8, 4) is 0 Å². The topological polar surface area (TPSA) is 49.7 Å². The fraction of sp³-hybridized carbons (Fsp3) is 0.538. The van der Waals surface area contributed by atoms with Crippen molar-refractivity contribution in [1.29, 1.82) is 0 Å². The van der Waals surface area contributed by atoms with Crippen molar-refractivity contribution >= 4 is 0 Å². The van der Waals surface area contributed by atoms with Gasteiger partial charge >= 0.3 is 0 Å². The Morgan fingerprint density at radius 3 is 2.31 bits per heavy atom. The quantitative estimate of drug-likeness (QED) is 0.771. The fourth-order valence-corrected chi connectivity index (χ4v) is 1.51. The van der Waals surface area contributed by atoms with Crippen LogP contribution in [0.1, 0.15) is 19.4 Å². The molecule has 3 heteroatoms. The summed E-state index contributed by atoms with van der Waals surface area (Å²) >= 11 is 0. The predicted molar refractivity (Wildman–Crippen MR) is 62.9 cm³/mol. The molecular formula is C13H20O3. The molecule has 0 aromatic heterocycles. The smallest absolute Gasteiger partial charge is 0.0843 e. The van der Waals surface area contributed by atoms with E-state index in [0.717, 1.165) is 5.56 Å². The Bertz CT molecular complexity index is 284. The lowest BCUT2D eigenvalue weighted by Crippen LogP contribution is -2.32. The van der Waals surface area contributed by atoms with Crippen molar-refractivity contribution in [3.05, 3.63) is 35.9 Å². The van der Waals surface area contributed by atoms with E-state index >= 15 is 0 Å². The summed E-state index contributed by atoms with van der Waals surface area (Å²) in [6.45, 7) is 4.43. The highest BCUT2D eigenvalue weighted by Gasteiger charge is 2.19. The lowest BCUT2D eigenvalue weighted by molar-refractivity contribution is -0.0338. The zero-order chi connectivity index (χ0) is 12.0. The number of ether oxygens (including phenoxy) is 1. The molecular weight excluding hydrogens is 204 g/mol. The van der Waals surface area contributed by atoms with E-state index in [1.807, 2.05) is 37.3 Å². The molecule has 90 valence electrons. The summed E-state index contributed by atoms with van der Waals surface area (Å²) in [6, 6.07) is 9.88. The molecule has 0 radical (unpaired) electrons. The van der Waals surface area contributed by atoms with Gasteiger partial charge in [0.1, 0.15) is 0 Å². The third kappa shape index (κ3) is 4.31. The second-order valence-corrected chi connectivity index (χ2v) is 4.21. The molecule has 3 atom stereocenters. The van der Waals surface area contributed by atoms with Crippen LogP contribution in [0.5, 0.6) is 0 Å². The number of aliphatic hydroxyl groups is 2. The Hall–Kier alpha value is -0.900. The lowest BCUT2D eigenvalue weighted by atomic mass is 10.0. The van der Waals surface area contributed by atoms with Crippen LogP contribution in [-0.2, 0) is 11.3 Å². The van der Waals surface area contributed by atoms with E-state index in [9.17, 15) is 10.2 Å². The van der Waals surface area contributed by atoms with Crippen molar-refractivity contribution in [2.45, 2.75) is 32.7 Å². The van der Waals surface area contributed by atoms with Crippen LogP contribution in [0.2, 0.25) is 0 Å². The molecule has 0 amide bonds. The summed E-state index contributed by atoms with van der Waals surface area (Å²) in [5.74, 6) is -0.0660. The van der Waals surface area contributed by atoms with Crippen LogP contribution in [0.3, 0.4) is 0 Å². The Morgan fingerprint density at radius 1 is 1.12 bits per heavy atom. The minimum absolute atomic E-state index is 0.0660. The summed E-state index contributed by atoms with van der Waals surface area (Å²) < 4.78 is 5.48. The summed E-state index contributed by atoms with van der Waals surface area (Å²) in [6.07, 6.45) is -1.44. The second kappa shape index (κ2) is 6.63. The highest BCUT2D eigenvalue weighted by molar-refractivity contribution is 5.13. The maximum absolute atomic E-state index is 9.56. The van der Waals surface area contributed by atoms with Gasteiger partial charge in [0.05, 0.1) is 25.4 Å². The summed E-state index contributed by atoms with van der Waals surface area (Å²) in [5, 5.41) is 18.8. The number of rotatable bonds is 6. The van der Waals surface area contributed by atoms with Crippen LogP contribution >= 0.6 is 0 Å². The van der Waals surface area contributed by atoms with E-state index in [1.54, 1.807) is 6.92 Å². The molecule has 0 aliphatic carbocycles. The summed E-state index contributed by atoms with van der Waals surface area (Å²) in [5.41, 5.74) is 1.11. The zero-order valence-electron chi connectivity index (χ0n) is 9.84. The highest BCUT2D eigenvalue weighted by atomic mass is 16.5. The van der Waals surface area contributed by atoms with E-state index in [0.29, 0.717) is 13.2 Å². The fourth-order valence-electron chi connectivity index (χ4n) is 1.51. The third-order valence-corrected chi connectivity index (χ3v) is 2.57. The van der Waals surface area contributed by atoms with Gasteiger partial charge in [0, 0.05) is 5.92 Å². The molecule has 0 saturated heterocycles. The molecule has 0 heterocycles. The number of hydrogen-bond acceptors (Lipinski definition) is 3. The van der Waals surface area contributed by atoms with Crippen LogP contribution in [-0.4, -0.2) is 29.0 Å². The number of benzene rings is 1. The minimum Gasteiger partial charge on any atom is -0.391 e. The molecule has 3 nitrogen and oxygen atoms in total. The van der Waals surface area contributed by atoms with Crippen LogP contribution in [0.25, 0.3) is 0 Å².